The van der Waals surface area contributed by atoms with Gasteiger partial charge in [0.15, 0.2) is 5.96 Å². The molecule has 26 heavy (non-hydrogen) atoms. The SMILES string of the molecule is CCNC(=NCc1cc(C#N)ccc1F)NCCOCc1ccccc1. The van der Waals surface area contributed by atoms with E-state index >= 15 is 0 Å². The molecule has 2 N–H and O–H groups in total. The van der Waals surface area contributed by atoms with Crippen LogP contribution in [0.3, 0.4) is 0 Å². The van der Waals surface area contributed by atoms with Gasteiger partial charge in [-0.2, -0.15) is 5.26 Å². The predicted molar refractivity (Wildman–Crippen MR) is 100 cm³/mol. The summed E-state index contributed by atoms with van der Waals surface area (Å²) in [6, 6.07) is 16.2. The minimum absolute atomic E-state index is 0.154. The summed E-state index contributed by atoms with van der Waals surface area (Å²) in [7, 11) is 0. The Balaban J connectivity index is 1.82. The molecule has 0 radical (unpaired) electrons. The smallest absolute Gasteiger partial charge is 0.191 e. The van der Waals surface area contributed by atoms with Crippen molar-refractivity contribution < 1.29 is 9.13 Å². The van der Waals surface area contributed by atoms with Gasteiger partial charge in [-0.25, -0.2) is 9.38 Å². The average molecular weight is 354 g/mol. The molecule has 0 saturated carbocycles. The van der Waals surface area contributed by atoms with Crippen molar-refractivity contribution in [3.05, 3.63) is 71.0 Å². The van der Waals surface area contributed by atoms with Gasteiger partial charge in [0.05, 0.1) is 31.4 Å². The Kier molecular flexibility index (Phi) is 8.10. The Bertz CT molecular complexity index is 756. The topological polar surface area (TPSA) is 69.4 Å². The lowest BCUT2D eigenvalue weighted by Gasteiger charge is -2.12. The number of ether oxygens (including phenoxy) is 1. The van der Waals surface area contributed by atoms with E-state index in [1.165, 1.54) is 18.2 Å². The normalized spacial score (nSPS) is 11.0. The Morgan fingerprint density at radius 1 is 1.19 bits per heavy atom. The molecule has 136 valence electrons. The van der Waals surface area contributed by atoms with Crippen LogP contribution in [-0.4, -0.2) is 25.7 Å². The number of guanidine groups is 1. The van der Waals surface area contributed by atoms with E-state index in [0.717, 1.165) is 5.56 Å². The van der Waals surface area contributed by atoms with Crippen molar-refractivity contribution in [2.75, 3.05) is 19.7 Å². The molecule has 0 aliphatic carbocycles. The van der Waals surface area contributed by atoms with Crippen LogP contribution in [0.4, 0.5) is 4.39 Å². The molecule has 0 spiro atoms. The highest BCUT2D eigenvalue weighted by Gasteiger charge is 2.04. The number of benzene rings is 2. The maximum atomic E-state index is 13.8. The molecule has 0 heterocycles. The Hall–Kier alpha value is -2.91. The molecule has 2 rings (SSSR count). The van der Waals surface area contributed by atoms with E-state index in [0.29, 0.717) is 43.4 Å². The fourth-order valence-electron chi connectivity index (χ4n) is 2.28. The lowest BCUT2D eigenvalue weighted by Crippen LogP contribution is -2.39. The summed E-state index contributed by atoms with van der Waals surface area (Å²) in [5.41, 5.74) is 1.94. The van der Waals surface area contributed by atoms with Gasteiger partial charge in [-0.15, -0.1) is 0 Å². The quantitative estimate of drug-likeness (QED) is 0.434. The number of nitriles is 1. The summed E-state index contributed by atoms with van der Waals surface area (Å²) in [5, 5.41) is 15.2. The van der Waals surface area contributed by atoms with Crippen LogP contribution in [-0.2, 0) is 17.9 Å². The van der Waals surface area contributed by atoms with Crippen LogP contribution in [0.25, 0.3) is 0 Å². The lowest BCUT2D eigenvalue weighted by molar-refractivity contribution is 0.125. The Morgan fingerprint density at radius 3 is 2.73 bits per heavy atom. The molecule has 0 amide bonds. The van der Waals surface area contributed by atoms with E-state index in [-0.39, 0.29) is 12.4 Å². The van der Waals surface area contributed by atoms with Gasteiger partial charge in [0.25, 0.3) is 0 Å². The highest BCUT2D eigenvalue weighted by Crippen LogP contribution is 2.11. The van der Waals surface area contributed by atoms with Crippen LogP contribution in [0.1, 0.15) is 23.6 Å². The van der Waals surface area contributed by atoms with E-state index < -0.39 is 0 Å². The van der Waals surface area contributed by atoms with Gasteiger partial charge < -0.3 is 15.4 Å². The van der Waals surface area contributed by atoms with Gasteiger partial charge >= 0.3 is 0 Å². The third kappa shape index (κ3) is 6.54. The van der Waals surface area contributed by atoms with Crippen LogP contribution in [0.2, 0.25) is 0 Å². The van der Waals surface area contributed by atoms with Gasteiger partial charge in [0, 0.05) is 18.7 Å². The summed E-state index contributed by atoms with van der Waals surface area (Å²) in [4.78, 5) is 4.37. The number of nitrogens with one attached hydrogen (secondary N) is 2. The molecule has 0 unspecified atom stereocenters. The molecule has 2 aromatic rings. The molecule has 6 heteroatoms. The molecule has 5 nitrogen and oxygen atoms in total. The maximum absolute atomic E-state index is 13.8. The van der Waals surface area contributed by atoms with Crippen molar-refractivity contribution in [2.24, 2.45) is 4.99 Å². The second-order valence-electron chi connectivity index (χ2n) is 5.58. The van der Waals surface area contributed by atoms with Gasteiger partial charge in [0.1, 0.15) is 5.82 Å². The first kappa shape index (κ1) is 19.4. The predicted octanol–water partition coefficient (Wildman–Crippen LogP) is 2.97. The van der Waals surface area contributed by atoms with Gasteiger partial charge in [-0.1, -0.05) is 30.3 Å². The highest BCUT2D eigenvalue weighted by atomic mass is 19.1. The van der Waals surface area contributed by atoms with Crippen LogP contribution >= 0.6 is 0 Å². The fraction of sp³-hybridized carbons (Fsp3) is 0.300. The number of nitrogens with zero attached hydrogens (tertiary/aromatic N) is 2. The van der Waals surface area contributed by atoms with E-state index in [2.05, 4.69) is 15.6 Å². The van der Waals surface area contributed by atoms with Gasteiger partial charge in [-0.05, 0) is 30.7 Å². The van der Waals surface area contributed by atoms with Crippen molar-refractivity contribution in [1.29, 1.82) is 5.26 Å². The minimum Gasteiger partial charge on any atom is -0.375 e. The minimum atomic E-state index is -0.366. The third-order valence-corrected chi connectivity index (χ3v) is 3.58. The van der Waals surface area contributed by atoms with E-state index in [1.807, 2.05) is 43.3 Å². The van der Waals surface area contributed by atoms with Crippen LogP contribution < -0.4 is 10.6 Å². The van der Waals surface area contributed by atoms with Crippen LogP contribution in [0.15, 0.2) is 53.5 Å². The van der Waals surface area contributed by atoms with Crippen molar-refractivity contribution in [3.63, 3.8) is 0 Å². The molecule has 0 atom stereocenters. The number of aliphatic imine (C=N–C) groups is 1. The maximum Gasteiger partial charge on any atom is 0.191 e. The van der Waals surface area contributed by atoms with Crippen molar-refractivity contribution in [1.82, 2.24) is 10.6 Å². The van der Waals surface area contributed by atoms with Gasteiger partial charge in [-0.3, -0.25) is 0 Å². The van der Waals surface area contributed by atoms with E-state index in [9.17, 15) is 4.39 Å². The molecule has 2 aromatic carbocycles. The largest absolute Gasteiger partial charge is 0.375 e. The molecule has 0 aromatic heterocycles. The molecule has 0 saturated heterocycles. The number of hydrogen-bond acceptors (Lipinski definition) is 3. The molecular weight excluding hydrogens is 331 g/mol. The van der Waals surface area contributed by atoms with Crippen LogP contribution in [0.5, 0.6) is 0 Å². The standard InChI is InChI=1S/C20H23FN4O/c1-2-23-20(24-10-11-26-15-16-6-4-3-5-7-16)25-14-18-12-17(13-22)8-9-19(18)21/h3-9,12H,2,10-11,14-15H2,1H3,(H2,23,24,25). The zero-order valence-corrected chi connectivity index (χ0v) is 14.8. The van der Waals surface area contributed by atoms with Crippen molar-refractivity contribution in [3.8, 4) is 6.07 Å². The number of rotatable bonds is 8. The third-order valence-electron chi connectivity index (χ3n) is 3.58. The monoisotopic (exact) mass is 354 g/mol. The summed E-state index contributed by atoms with van der Waals surface area (Å²) in [6.07, 6.45) is 0. The first-order chi connectivity index (χ1) is 12.7. The molecule has 0 bridgehead atoms. The Labute approximate surface area is 153 Å². The second kappa shape index (κ2) is 10.9. The summed E-state index contributed by atoms with van der Waals surface area (Å²) in [6.45, 7) is 4.47. The highest BCUT2D eigenvalue weighted by molar-refractivity contribution is 5.79. The zero-order chi connectivity index (χ0) is 18.6. The average Bonchev–Trinajstić information content (AvgIpc) is 2.67. The number of hydrogen-bond donors (Lipinski definition) is 2. The molecule has 0 aliphatic heterocycles. The van der Waals surface area contributed by atoms with Crippen molar-refractivity contribution in [2.45, 2.75) is 20.1 Å². The summed E-state index contributed by atoms with van der Waals surface area (Å²) >= 11 is 0. The van der Waals surface area contributed by atoms with E-state index in [4.69, 9.17) is 10.00 Å². The van der Waals surface area contributed by atoms with E-state index in [1.54, 1.807) is 0 Å². The molecular formula is C20H23FN4O. The van der Waals surface area contributed by atoms with Crippen molar-refractivity contribution >= 4 is 5.96 Å². The van der Waals surface area contributed by atoms with Crippen LogP contribution in [0, 0.1) is 17.1 Å². The Morgan fingerprint density at radius 2 is 2.00 bits per heavy atom. The summed E-state index contributed by atoms with van der Waals surface area (Å²) < 4.78 is 19.4. The zero-order valence-electron chi connectivity index (χ0n) is 14.8. The number of halogens is 1. The molecule has 0 aliphatic rings. The molecule has 0 fully saturated rings. The lowest BCUT2D eigenvalue weighted by atomic mass is 10.1. The second-order valence-corrected chi connectivity index (χ2v) is 5.58. The first-order valence-electron chi connectivity index (χ1n) is 8.55. The first-order valence-corrected chi connectivity index (χ1v) is 8.55. The van der Waals surface area contributed by atoms with Gasteiger partial charge in [0.2, 0.25) is 0 Å². The fourth-order valence-corrected chi connectivity index (χ4v) is 2.28. The summed E-state index contributed by atoms with van der Waals surface area (Å²) in [5.74, 6) is 0.215.